The van der Waals surface area contributed by atoms with Crippen molar-refractivity contribution in [3.8, 4) is 5.75 Å². The van der Waals surface area contributed by atoms with E-state index >= 15 is 0 Å². The largest absolute Gasteiger partial charge is 0.487 e. The molecule has 8 heteroatoms. The fourth-order valence-electron chi connectivity index (χ4n) is 3.20. The Balaban J connectivity index is 2.09. The van der Waals surface area contributed by atoms with E-state index in [-0.39, 0.29) is 36.7 Å². The second kappa shape index (κ2) is 9.70. The lowest BCUT2D eigenvalue weighted by atomic mass is 10.1. The SMILES string of the molecule is C=CCOc1cccnc1C(=O)N1CCCC(N(CC(=O)O)C(C)=O)CC1. The van der Waals surface area contributed by atoms with Crippen LogP contribution in [-0.2, 0) is 9.59 Å². The van der Waals surface area contributed by atoms with Gasteiger partial charge in [0.05, 0.1) is 0 Å². The van der Waals surface area contributed by atoms with Crippen molar-refractivity contribution in [3.63, 3.8) is 0 Å². The number of nitrogens with zero attached hydrogens (tertiary/aromatic N) is 3. The van der Waals surface area contributed by atoms with Crippen LogP contribution < -0.4 is 4.74 Å². The van der Waals surface area contributed by atoms with Crippen molar-refractivity contribution in [1.82, 2.24) is 14.8 Å². The number of likely N-dealkylation sites (tertiary alicyclic amines) is 1. The number of carbonyl (C=O) groups excluding carboxylic acids is 2. The summed E-state index contributed by atoms with van der Waals surface area (Å²) in [4.78, 5) is 43.0. The smallest absolute Gasteiger partial charge is 0.323 e. The highest BCUT2D eigenvalue weighted by atomic mass is 16.5. The number of carbonyl (C=O) groups is 3. The van der Waals surface area contributed by atoms with Crippen molar-refractivity contribution >= 4 is 17.8 Å². The van der Waals surface area contributed by atoms with E-state index in [1.807, 2.05) is 0 Å². The Morgan fingerprint density at radius 3 is 2.85 bits per heavy atom. The molecule has 27 heavy (non-hydrogen) atoms. The molecule has 1 saturated heterocycles. The molecule has 0 aromatic carbocycles. The van der Waals surface area contributed by atoms with Gasteiger partial charge in [-0.15, -0.1) is 0 Å². The van der Waals surface area contributed by atoms with E-state index in [0.717, 1.165) is 0 Å². The lowest BCUT2D eigenvalue weighted by Gasteiger charge is -2.28. The van der Waals surface area contributed by atoms with Gasteiger partial charge < -0.3 is 19.6 Å². The summed E-state index contributed by atoms with van der Waals surface area (Å²) in [5, 5.41) is 9.04. The molecular weight excluding hydrogens is 350 g/mol. The van der Waals surface area contributed by atoms with Gasteiger partial charge in [-0.2, -0.15) is 0 Å². The number of carboxylic acid groups (broad SMARTS) is 1. The topological polar surface area (TPSA) is 100 Å². The Morgan fingerprint density at radius 1 is 1.41 bits per heavy atom. The van der Waals surface area contributed by atoms with E-state index in [0.29, 0.717) is 38.1 Å². The van der Waals surface area contributed by atoms with E-state index < -0.39 is 5.97 Å². The van der Waals surface area contributed by atoms with Crippen LogP contribution in [0.2, 0.25) is 0 Å². The zero-order chi connectivity index (χ0) is 19.8. The van der Waals surface area contributed by atoms with Crippen LogP contribution in [0.4, 0.5) is 0 Å². The molecule has 1 aliphatic rings. The molecule has 146 valence electrons. The van der Waals surface area contributed by atoms with E-state index in [2.05, 4.69) is 11.6 Å². The number of amides is 2. The summed E-state index contributed by atoms with van der Waals surface area (Å²) in [6.07, 6.45) is 4.98. The lowest BCUT2D eigenvalue weighted by Crippen LogP contribution is -2.43. The molecule has 0 aliphatic carbocycles. The Morgan fingerprint density at radius 2 is 2.19 bits per heavy atom. The summed E-state index contributed by atoms with van der Waals surface area (Å²) in [6.45, 7) is 5.86. The highest BCUT2D eigenvalue weighted by Crippen LogP contribution is 2.22. The monoisotopic (exact) mass is 375 g/mol. The zero-order valence-electron chi connectivity index (χ0n) is 15.5. The Kier molecular flexibility index (Phi) is 7.34. The van der Waals surface area contributed by atoms with Gasteiger partial charge in [-0.05, 0) is 31.4 Å². The minimum atomic E-state index is -1.04. The number of aromatic nitrogens is 1. The van der Waals surface area contributed by atoms with E-state index in [9.17, 15) is 14.4 Å². The minimum absolute atomic E-state index is 0.198. The van der Waals surface area contributed by atoms with Crippen LogP contribution in [-0.4, -0.2) is 70.0 Å². The average molecular weight is 375 g/mol. The first kappa shape index (κ1) is 20.4. The highest BCUT2D eigenvalue weighted by molar-refractivity contribution is 5.95. The van der Waals surface area contributed by atoms with Gasteiger partial charge in [0.25, 0.3) is 5.91 Å². The van der Waals surface area contributed by atoms with Gasteiger partial charge in [-0.3, -0.25) is 14.4 Å². The normalized spacial score (nSPS) is 16.9. The van der Waals surface area contributed by atoms with Gasteiger partial charge in [0.1, 0.15) is 13.2 Å². The third-order valence-electron chi connectivity index (χ3n) is 4.47. The van der Waals surface area contributed by atoms with Crippen molar-refractivity contribution in [2.75, 3.05) is 26.2 Å². The Labute approximate surface area is 158 Å². The molecule has 0 radical (unpaired) electrons. The first-order valence-corrected chi connectivity index (χ1v) is 8.91. The third-order valence-corrected chi connectivity index (χ3v) is 4.47. The average Bonchev–Trinajstić information content (AvgIpc) is 2.89. The maximum absolute atomic E-state index is 12.9. The Bertz CT molecular complexity index is 706. The predicted molar refractivity (Wildman–Crippen MR) is 98.5 cm³/mol. The Hall–Kier alpha value is -2.90. The maximum atomic E-state index is 12.9. The van der Waals surface area contributed by atoms with Crippen LogP contribution in [0.1, 0.15) is 36.7 Å². The molecule has 2 amide bonds. The van der Waals surface area contributed by atoms with Crippen molar-refractivity contribution in [3.05, 3.63) is 36.7 Å². The fourth-order valence-corrected chi connectivity index (χ4v) is 3.20. The first-order chi connectivity index (χ1) is 12.9. The van der Waals surface area contributed by atoms with E-state index in [4.69, 9.17) is 9.84 Å². The summed E-state index contributed by atoms with van der Waals surface area (Å²) in [5.74, 6) is -1.14. The molecule has 1 aromatic rings. The zero-order valence-corrected chi connectivity index (χ0v) is 15.5. The van der Waals surface area contributed by atoms with Crippen molar-refractivity contribution in [1.29, 1.82) is 0 Å². The molecule has 1 N–H and O–H groups in total. The summed E-state index contributed by atoms with van der Waals surface area (Å²) in [6, 6.07) is 3.19. The highest BCUT2D eigenvalue weighted by Gasteiger charge is 2.29. The molecule has 0 spiro atoms. The molecule has 1 aromatic heterocycles. The van der Waals surface area contributed by atoms with Crippen LogP contribution in [0.3, 0.4) is 0 Å². The second-order valence-electron chi connectivity index (χ2n) is 6.37. The number of ether oxygens (including phenoxy) is 1. The van der Waals surface area contributed by atoms with Crippen molar-refractivity contribution in [2.24, 2.45) is 0 Å². The summed E-state index contributed by atoms with van der Waals surface area (Å²) >= 11 is 0. The maximum Gasteiger partial charge on any atom is 0.323 e. The van der Waals surface area contributed by atoms with Gasteiger partial charge >= 0.3 is 5.97 Å². The van der Waals surface area contributed by atoms with Gasteiger partial charge in [0.2, 0.25) is 5.91 Å². The third kappa shape index (κ3) is 5.54. The van der Waals surface area contributed by atoms with Crippen LogP contribution in [0.5, 0.6) is 5.75 Å². The molecule has 1 fully saturated rings. The van der Waals surface area contributed by atoms with Gasteiger partial charge in [-0.25, -0.2) is 4.98 Å². The second-order valence-corrected chi connectivity index (χ2v) is 6.37. The van der Waals surface area contributed by atoms with Crippen LogP contribution >= 0.6 is 0 Å². The van der Waals surface area contributed by atoms with Crippen LogP contribution in [0.25, 0.3) is 0 Å². The predicted octanol–water partition coefficient (Wildman–Crippen LogP) is 1.57. The molecular formula is C19H25N3O5. The number of carboxylic acids is 1. The molecule has 2 rings (SSSR count). The fraction of sp³-hybridized carbons (Fsp3) is 0.474. The quantitative estimate of drug-likeness (QED) is 0.726. The summed E-state index contributed by atoms with van der Waals surface area (Å²) < 4.78 is 5.52. The number of pyridine rings is 1. The minimum Gasteiger partial charge on any atom is -0.487 e. The van der Waals surface area contributed by atoms with Gasteiger partial charge in [0.15, 0.2) is 11.4 Å². The lowest BCUT2D eigenvalue weighted by molar-refractivity contribution is -0.145. The van der Waals surface area contributed by atoms with Crippen LogP contribution in [0.15, 0.2) is 31.0 Å². The number of rotatable bonds is 7. The number of hydrogen-bond donors (Lipinski definition) is 1. The number of hydrogen-bond acceptors (Lipinski definition) is 5. The molecule has 8 nitrogen and oxygen atoms in total. The first-order valence-electron chi connectivity index (χ1n) is 8.91. The molecule has 1 unspecified atom stereocenters. The summed E-state index contributed by atoms with van der Waals surface area (Å²) in [5.41, 5.74) is 0.242. The molecule has 1 aliphatic heterocycles. The van der Waals surface area contributed by atoms with Crippen molar-refractivity contribution in [2.45, 2.75) is 32.2 Å². The number of aliphatic carboxylic acids is 1. The summed E-state index contributed by atoms with van der Waals surface area (Å²) in [7, 11) is 0. The van der Waals surface area contributed by atoms with E-state index in [1.54, 1.807) is 29.3 Å². The standard InChI is InChI=1S/C19H25N3O5/c1-3-12-27-16-7-4-9-20-18(16)19(26)21-10-5-6-15(8-11-21)22(14(2)23)13-17(24)25/h3-4,7,9,15H,1,5-6,8,10-13H2,2H3,(H,24,25). The molecule has 0 saturated carbocycles. The van der Waals surface area contributed by atoms with Crippen molar-refractivity contribution < 1.29 is 24.2 Å². The molecule has 1 atom stereocenters. The molecule has 0 bridgehead atoms. The van der Waals surface area contributed by atoms with Crippen LogP contribution in [0, 0.1) is 0 Å². The van der Waals surface area contributed by atoms with Gasteiger partial charge in [-0.1, -0.05) is 12.7 Å². The van der Waals surface area contributed by atoms with Gasteiger partial charge in [0, 0.05) is 32.3 Å². The van der Waals surface area contributed by atoms with E-state index in [1.165, 1.54) is 11.8 Å². The molecule has 2 heterocycles.